The Balaban J connectivity index is 0.000000147. The fraction of sp³-hybridized carbons (Fsp3) is 0.138. The topological polar surface area (TPSA) is 388 Å². The lowest BCUT2D eigenvalue weighted by Crippen LogP contribution is -2.44. The van der Waals surface area contributed by atoms with Crippen molar-refractivity contribution in [2.45, 2.75) is 33.3 Å². The summed E-state index contributed by atoms with van der Waals surface area (Å²) in [5.74, 6) is 3.31. The van der Waals surface area contributed by atoms with Gasteiger partial charge in [0.15, 0.2) is 5.82 Å². The maximum Gasteiger partial charge on any atom is 0.426 e. The number of hydrogen-bond donors (Lipinski definition) is 8. The Morgan fingerprint density at radius 2 is 0.953 bits per heavy atom. The predicted octanol–water partition coefficient (Wildman–Crippen LogP) is 17.2. The third-order valence-corrected chi connectivity index (χ3v) is 19.2. The highest BCUT2D eigenvalue weighted by Gasteiger charge is 2.26. The van der Waals surface area contributed by atoms with E-state index in [1.165, 1.54) is 95.2 Å². The minimum absolute atomic E-state index is 0.0680. The molecule has 129 heavy (non-hydrogen) atoms. The number of nitrogens with zero attached hydrogens (tertiary/aromatic N) is 11. The van der Waals surface area contributed by atoms with Crippen LogP contribution in [0.3, 0.4) is 0 Å². The minimum atomic E-state index is -1.07. The Morgan fingerprint density at radius 1 is 0.465 bits per heavy atom. The normalized spacial score (nSPS) is 11.4. The zero-order chi connectivity index (χ0) is 92.3. The number of halogens is 5. The number of amides is 3. The molecule has 3 amide bonds. The van der Waals surface area contributed by atoms with E-state index < -0.39 is 41.3 Å². The van der Waals surface area contributed by atoms with E-state index in [1.807, 2.05) is 55.5 Å². The van der Waals surface area contributed by atoms with E-state index in [0.717, 1.165) is 44.5 Å². The Labute approximate surface area is 733 Å². The van der Waals surface area contributed by atoms with Crippen LogP contribution in [0, 0.1) is 36.0 Å². The molecule has 9 aromatic carbocycles. The number of fused-ring (bicyclic) bond motifs is 5. The lowest BCUT2D eigenvalue weighted by atomic mass is 10.1. The van der Waals surface area contributed by atoms with Gasteiger partial charge in [-0.3, -0.25) is 54.8 Å². The Hall–Kier alpha value is -16.7. The van der Waals surface area contributed by atoms with Gasteiger partial charge in [0.1, 0.15) is 69.1 Å². The van der Waals surface area contributed by atoms with Gasteiger partial charge in [-0.1, -0.05) is 85.0 Å². The van der Waals surface area contributed by atoms with Gasteiger partial charge < -0.3 is 33.5 Å². The molecular weight excluding hydrogens is 1670 g/mol. The number of H-pyrrole nitrogens is 3. The van der Waals surface area contributed by atoms with Crippen LogP contribution >= 0.6 is 0 Å². The van der Waals surface area contributed by atoms with Gasteiger partial charge in [-0.2, -0.15) is 30.6 Å². The lowest BCUT2D eigenvalue weighted by Gasteiger charge is -2.20. The first-order valence-corrected chi connectivity index (χ1v) is 39.2. The van der Waals surface area contributed by atoms with Crippen LogP contribution in [0.25, 0.3) is 127 Å². The van der Waals surface area contributed by atoms with Crippen molar-refractivity contribution in [1.29, 1.82) is 0 Å². The predicted molar refractivity (Wildman–Crippen MR) is 482 cm³/mol. The van der Waals surface area contributed by atoms with E-state index in [2.05, 4.69) is 76.9 Å². The summed E-state index contributed by atoms with van der Waals surface area (Å²) in [6.07, 6.45) is 20.3. The fourth-order valence-electron chi connectivity index (χ4n) is 13.5. The number of methoxy groups -OCH3 is 5. The molecule has 35 heteroatoms. The number of nitrogens with two attached hydrogens (primary N) is 1. The Bertz CT molecular complexity index is 7020. The van der Waals surface area contributed by atoms with E-state index >= 15 is 0 Å². The summed E-state index contributed by atoms with van der Waals surface area (Å²) in [4.78, 5) is 67.9. The van der Waals surface area contributed by atoms with Crippen molar-refractivity contribution in [2.24, 2.45) is 27.0 Å². The number of ether oxygens (including phenoxy) is 6. The molecule has 0 atom stereocenters. The molecule has 7 aromatic heterocycles. The number of nitrogen functional groups attached to an aromatic ring is 1. The average Bonchev–Trinajstić information content (AvgIpc) is 1.65. The van der Waals surface area contributed by atoms with Crippen LogP contribution in [0.2, 0.25) is 0 Å². The summed E-state index contributed by atoms with van der Waals surface area (Å²) in [7, 11) is 12.4. The molecule has 0 bridgehead atoms. The first-order valence-electron chi connectivity index (χ1n) is 39.2. The van der Waals surface area contributed by atoms with E-state index in [-0.39, 0.29) is 51.5 Å². The highest BCUT2D eigenvalue weighted by molar-refractivity contribution is 6.08. The number of carbonyl (C=O) groups excluding carboxylic acids is 4. The van der Waals surface area contributed by atoms with E-state index in [9.17, 15) is 51.0 Å². The molecule has 0 aliphatic rings. The van der Waals surface area contributed by atoms with Gasteiger partial charge in [0.25, 0.3) is 11.8 Å². The minimum Gasteiger partial charge on any atom is -0.495 e. The van der Waals surface area contributed by atoms with Crippen LogP contribution in [-0.4, -0.2) is 146 Å². The molecule has 0 saturated carbocycles. The number of aromatic carboxylic acids is 1. The SMILES string of the molecule is COC(=O)c1cc2c(/C=C/c3cccnc3)nn(C)c2cc1F.COc1c(-c2n[nH]c(C)n2)ccc2[nH]nc(/C=C/c3cccc(F)c3)c12.COc1c(C(=O)NN)ccc2n[nH]c(/C=C/c3cccc(F)c3)c12.COc1c(C(=O)NNC(=O)OC(C)(C)C)ccc2c1c(/C=C/c1cccc(F)c1)nn2C.COc1c(C(=O)O)ccc2c1c(/C=C/c1cccc(F)c1)nn2C. The van der Waals surface area contributed by atoms with Gasteiger partial charge in [0.2, 0.25) is 0 Å². The molecule has 30 nitrogen and oxygen atoms in total. The third-order valence-electron chi connectivity index (χ3n) is 19.2. The maximum absolute atomic E-state index is 14.0. The van der Waals surface area contributed by atoms with E-state index in [1.54, 1.807) is 191 Å². The first-order chi connectivity index (χ1) is 62.0. The number of nitrogens with one attached hydrogen (secondary N) is 6. The van der Waals surface area contributed by atoms with Crippen LogP contribution in [0.4, 0.5) is 26.7 Å². The van der Waals surface area contributed by atoms with Crippen molar-refractivity contribution in [3.05, 3.63) is 296 Å². The van der Waals surface area contributed by atoms with Gasteiger partial charge >= 0.3 is 18.0 Å². The van der Waals surface area contributed by atoms with Gasteiger partial charge in [-0.25, -0.2) is 52.6 Å². The van der Waals surface area contributed by atoms with Crippen molar-refractivity contribution in [1.82, 2.24) is 86.2 Å². The molecule has 0 saturated heterocycles. The van der Waals surface area contributed by atoms with Crippen molar-refractivity contribution < 1.29 is 79.5 Å². The average molecular weight is 1750 g/mol. The number of carboxylic acids is 1. The highest BCUT2D eigenvalue weighted by atomic mass is 19.1. The zero-order valence-corrected chi connectivity index (χ0v) is 71.4. The number of benzene rings is 9. The summed E-state index contributed by atoms with van der Waals surface area (Å²) >= 11 is 0. The second-order valence-corrected chi connectivity index (χ2v) is 29.1. The lowest BCUT2D eigenvalue weighted by molar-refractivity contribution is 0.0482. The molecule has 0 spiro atoms. The molecule has 0 aliphatic heterocycles. The Kier molecular flexibility index (Phi) is 29.2. The molecule has 0 aliphatic carbocycles. The first kappa shape index (κ1) is 91.5. The molecule has 0 unspecified atom stereocenters. The molecule has 0 radical (unpaired) electrons. The molecule has 658 valence electrons. The van der Waals surface area contributed by atoms with Crippen LogP contribution < -0.4 is 41.1 Å². The van der Waals surface area contributed by atoms with Crippen molar-refractivity contribution in [3.63, 3.8) is 0 Å². The van der Waals surface area contributed by atoms with Crippen LogP contribution in [0.1, 0.15) is 124 Å². The number of carboxylic acid groups (broad SMARTS) is 1. The van der Waals surface area contributed by atoms with E-state index in [4.69, 9.17) is 29.5 Å². The number of hydrogen-bond acceptors (Lipinski definition) is 20. The number of aromatic nitrogens is 14. The van der Waals surface area contributed by atoms with Crippen LogP contribution in [-0.2, 0) is 30.6 Å². The van der Waals surface area contributed by atoms with Gasteiger partial charge in [-0.15, -0.1) is 0 Å². The smallest absolute Gasteiger partial charge is 0.426 e. The van der Waals surface area contributed by atoms with Gasteiger partial charge in [0, 0.05) is 45.0 Å². The van der Waals surface area contributed by atoms with Gasteiger partial charge in [0.05, 0.1) is 135 Å². The number of hydrazine groups is 2. The highest BCUT2D eigenvalue weighted by Crippen LogP contribution is 2.40. The second-order valence-electron chi connectivity index (χ2n) is 29.1. The Morgan fingerprint density at radius 3 is 1.46 bits per heavy atom. The molecule has 16 rings (SSSR count). The molecule has 16 aromatic rings. The maximum atomic E-state index is 14.0. The number of pyridine rings is 1. The van der Waals surface area contributed by atoms with Crippen molar-refractivity contribution in [3.8, 4) is 34.4 Å². The number of carbonyl (C=O) groups is 5. The van der Waals surface area contributed by atoms with E-state index in [0.29, 0.717) is 101 Å². The largest absolute Gasteiger partial charge is 0.495 e. The molecule has 0 fully saturated rings. The van der Waals surface area contributed by atoms with Crippen molar-refractivity contribution >= 4 is 145 Å². The zero-order valence-electron chi connectivity index (χ0n) is 71.4. The number of aryl methyl sites for hydroxylation is 4. The summed E-state index contributed by atoms with van der Waals surface area (Å²) in [5.41, 5.74) is 17.5. The number of rotatable bonds is 19. The fourth-order valence-corrected chi connectivity index (χ4v) is 13.5. The van der Waals surface area contributed by atoms with Crippen LogP contribution in [0.15, 0.2) is 182 Å². The number of aromatic amines is 3. The summed E-state index contributed by atoms with van der Waals surface area (Å²) in [6.45, 7) is 6.98. The third kappa shape index (κ3) is 22.1. The quantitative estimate of drug-likeness (QED) is 0.0123. The van der Waals surface area contributed by atoms with Crippen molar-refractivity contribution in [2.75, 3.05) is 35.5 Å². The van der Waals surface area contributed by atoms with Crippen LogP contribution in [0.5, 0.6) is 23.0 Å². The molecule has 7 heterocycles. The standard InChI is InChI=1S/C23H25FN4O4.C19H16FN5O.C18H15FN2O3.C17H15FN4O2.C17H14FN3O2/c1-23(2,3)32-22(30)26-25-21(29)16-10-12-18-19(20(16)31-5)17(27-28(18)4)11-9-14-7-6-8-15(24)13-14;1-11-21-19(25-22-11)14-7-9-16-17(18(14)26-2)15(23-24-16)8-6-12-4-3-5-13(20)10-12;1-21-15-9-7-13(18(22)23)17(24-2)16(15)14(20-21)8-6-11-4-3-5-12(19)10-11;1-24-16-12(17(23)20-19)6-8-14-15(16)13(21-22-14)7-5-10-3-2-4-11(18)9-10;1-21-16-9-14(18)12(17(22)23-2)8-13(16)15(20-21)6-5-11-4-3-7-19-10-11/h6-13H,1-5H3,(H,25,29)(H,26,30);3-10H,1-2H3,(H,23,24)(H,21,22,25);3-10H,1-2H3,(H,22,23);2-9H,19H2,1H3,(H,20,23)(H,21,22);3-10H,1-2H3/b11-9+;2*8-6+;7-5+;6-5+. The number of esters is 1. The molecular formula is C94H85F5N18O12. The summed E-state index contributed by atoms with van der Waals surface area (Å²) in [5, 5.41) is 47.4. The summed E-state index contributed by atoms with van der Waals surface area (Å²) < 4.78 is 104. The summed E-state index contributed by atoms with van der Waals surface area (Å²) in [6, 6.07) is 45.0. The molecule has 9 N–H and O–H groups in total. The second kappa shape index (κ2) is 41.2. The monoisotopic (exact) mass is 1750 g/mol. The van der Waals surface area contributed by atoms with Gasteiger partial charge in [-0.05, 0) is 195 Å².